The number of thioether (sulfide) groups is 1. The number of ether oxygens (including phenoxy) is 1. The number of anilines is 2. The molecule has 0 radical (unpaired) electrons. The Morgan fingerprint density at radius 1 is 1.15 bits per heavy atom. The number of carbonyl (C=O) groups is 2. The summed E-state index contributed by atoms with van der Waals surface area (Å²) in [5, 5.41) is 11.4. The number of nitrogens with zero attached hydrogens (tertiary/aromatic N) is 1. The number of hydrogen-bond donors (Lipinski definition) is 2. The van der Waals surface area contributed by atoms with E-state index >= 15 is 0 Å². The molecule has 1 saturated heterocycles. The van der Waals surface area contributed by atoms with E-state index in [0.717, 1.165) is 17.3 Å². The lowest BCUT2D eigenvalue weighted by Gasteiger charge is -2.14. The zero-order chi connectivity index (χ0) is 24.2. The van der Waals surface area contributed by atoms with Gasteiger partial charge in [-0.25, -0.2) is 4.39 Å². The number of aryl methyl sites for hydroxylation is 1. The van der Waals surface area contributed by atoms with E-state index in [9.17, 15) is 14.0 Å². The Bertz CT molecular complexity index is 1290. The first kappa shape index (κ1) is 23.5. The van der Waals surface area contributed by atoms with Gasteiger partial charge in [-0.3, -0.25) is 19.9 Å². The van der Waals surface area contributed by atoms with Crippen LogP contribution in [0, 0.1) is 18.2 Å². The fourth-order valence-corrected chi connectivity index (χ4v) is 4.23. The third kappa shape index (κ3) is 5.47. The predicted molar refractivity (Wildman–Crippen MR) is 134 cm³/mol. The van der Waals surface area contributed by atoms with Gasteiger partial charge in [-0.15, -0.1) is 0 Å². The van der Waals surface area contributed by atoms with Crippen molar-refractivity contribution in [2.75, 3.05) is 16.8 Å². The fraction of sp³-hybridized carbons (Fsp3) is 0.0800. The van der Waals surface area contributed by atoms with E-state index in [-0.39, 0.29) is 17.7 Å². The highest BCUT2D eigenvalue weighted by atomic mass is 35.5. The Balaban J connectivity index is 1.51. The lowest BCUT2D eigenvalue weighted by Crippen LogP contribution is -2.28. The van der Waals surface area contributed by atoms with Crippen LogP contribution in [0.25, 0.3) is 6.08 Å². The minimum atomic E-state index is -0.432. The first-order valence-corrected chi connectivity index (χ1v) is 11.4. The van der Waals surface area contributed by atoms with Crippen LogP contribution in [-0.4, -0.2) is 23.6 Å². The molecule has 0 saturated carbocycles. The molecule has 1 aliphatic rings. The second kappa shape index (κ2) is 10.1. The van der Waals surface area contributed by atoms with Crippen molar-refractivity contribution in [3.63, 3.8) is 0 Å². The SMILES string of the molecule is Cc1ccc(N2C(=N)S/C(=C\c3cc(Cl)ccc3OCC(=O)Nc3ccc(F)cc3)C2=O)cc1. The molecule has 4 rings (SSSR count). The standard InChI is InChI=1S/C25H19ClFN3O3S/c1-15-2-9-20(10-3-15)30-24(32)22(34-25(30)28)13-16-12-17(26)4-11-21(16)33-14-23(31)29-19-7-5-18(27)6-8-19/h2-13,28H,14H2,1H3,(H,29,31)/b22-13-,28-25?. The van der Waals surface area contributed by atoms with Crippen LogP contribution in [0.4, 0.5) is 15.8 Å². The van der Waals surface area contributed by atoms with Crippen LogP contribution in [-0.2, 0) is 9.59 Å². The number of amidine groups is 1. The molecule has 0 aromatic heterocycles. The number of amides is 2. The second-order valence-corrected chi connectivity index (χ2v) is 8.88. The first-order chi connectivity index (χ1) is 16.3. The number of benzene rings is 3. The molecule has 0 aliphatic carbocycles. The first-order valence-electron chi connectivity index (χ1n) is 10.2. The summed E-state index contributed by atoms with van der Waals surface area (Å²) in [5.41, 5.74) is 2.60. The molecule has 0 spiro atoms. The minimum absolute atomic E-state index is 0.0864. The molecule has 1 heterocycles. The highest BCUT2D eigenvalue weighted by molar-refractivity contribution is 8.19. The molecule has 9 heteroatoms. The summed E-state index contributed by atoms with van der Waals surface area (Å²) in [6, 6.07) is 17.6. The molecule has 1 fully saturated rings. The van der Waals surface area contributed by atoms with Gasteiger partial charge in [-0.2, -0.15) is 0 Å². The number of carbonyl (C=O) groups excluding carboxylic acids is 2. The van der Waals surface area contributed by atoms with Gasteiger partial charge in [0.25, 0.3) is 11.8 Å². The minimum Gasteiger partial charge on any atom is -0.483 e. The third-order valence-corrected chi connectivity index (χ3v) is 5.98. The van der Waals surface area contributed by atoms with E-state index in [1.165, 1.54) is 29.2 Å². The molecule has 3 aromatic carbocycles. The van der Waals surface area contributed by atoms with Crippen LogP contribution < -0.4 is 15.0 Å². The number of nitrogens with one attached hydrogen (secondary N) is 2. The van der Waals surface area contributed by atoms with Gasteiger partial charge in [-0.05, 0) is 79.4 Å². The van der Waals surface area contributed by atoms with Crippen molar-refractivity contribution in [2.24, 2.45) is 0 Å². The van der Waals surface area contributed by atoms with Crippen LogP contribution in [0.5, 0.6) is 5.75 Å². The number of halogens is 2. The van der Waals surface area contributed by atoms with Gasteiger partial charge in [0.15, 0.2) is 11.8 Å². The maximum absolute atomic E-state index is 13.0. The van der Waals surface area contributed by atoms with E-state index in [4.69, 9.17) is 21.7 Å². The molecule has 34 heavy (non-hydrogen) atoms. The van der Waals surface area contributed by atoms with Gasteiger partial charge in [0.2, 0.25) is 0 Å². The molecule has 2 N–H and O–H groups in total. The summed E-state index contributed by atoms with van der Waals surface area (Å²) in [6.07, 6.45) is 1.59. The highest BCUT2D eigenvalue weighted by Crippen LogP contribution is 2.37. The molecule has 2 amide bonds. The second-order valence-electron chi connectivity index (χ2n) is 7.42. The van der Waals surface area contributed by atoms with Crippen molar-refractivity contribution in [1.29, 1.82) is 5.41 Å². The molecule has 0 unspecified atom stereocenters. The van der Waals surface area contributed by atoms with Crippen molar-refractivity contribution in [1.82, 2.24) is 0 Å². The molecule has 0 atom stereocenters. The van der Waals surface area contributed by atoms with Crippen molar-refractivity contribution in [3.8, 4) is 5.75 Å². The Morgan fingerprint density at radius 3 is 2.56 bits per heavy atom. The van der Waals surface area contributed by atoms with Crippen molar-refractivity contribution in [2.45, 2.75) is 6.92 Å². The Kier molecular flexibility index (Phi) is 7.00. The largest absolute Gasteiger partial charge is 0.483 e. The van der Waals surface area contributed by atoms with E-state index in [1.54, 1.807) is 36.4 Å². The zero-order valence-corrected chi connectivity index (χ0v) is 19.5. The van der Waals surface area contributed by atoms with Crippen LogP contribution in [0.1, 0.15) is 11.1 Å². The Morgan fingerprint density at radius 2 is 1.85 bits per heavy atom. The van der Waals surface area contributed by atoms with Crippen LogP contribution in [0.15, 0.2) is 71.6 Å². The summed E-state index contributed by atoms with van der Waals surface area (Å²) < 4.78 is 18.7. The molecular weight excluding hydrogens is 477 g/mol. The maximum Gasteiger partial charge on any atom is 0.271 e. The Labute approximate surface area is 204 Å². The maximum atomic E-state index is 13.0. The summed E-state index contributed by atoms with van der Waals surface area (Å²) >= 11 is 7.18. The fourth-order valence-electron chi connectivity index (χ4n) is 3.19. The van der Waals surface area contributed by atoms with Crippen LogP contribution in [0.3, 0.4) is 0 Å². The average Bonchev–Trinajstić information content (AvgIpc) is 3.08. The van der Waals surface area contributed by atoms with Crippen LogP contribution in [0.2, 0.25) is 5.02 Å². The van der Waals surface area contributed by atoms with Crippen molar-refractivity contribution < 1.29 is 18.7 Å². The van der Waals surface area contributed by atoms with Gasteiger partial charge >= 0.3 is 0 Å². The summed E-state index contributed by atoms with van der Waals surface area (Å²) in [4.78, 5) is 26.9. The van der Waals surface area contributed by atoms with Gasteiger partial charge in [-0.1, -0.05) is 29.3 Å². The normalized spacial score (nSPS) is 14.6. The van der Waals surface area contributed by atoms with E-state index < -0.39 is 11.7 Å². The van der Waals surface area contributed by atoms with Crippen LogP contribution >= 0.6 is 23.4 Å². The van der Waals surface area contributed by atoms with Gasteiger partial charge in [0.1, 0.15) is 11.6 Å². The highest BCUT2D eigenvalue weighted by Gasteiger charge is 2.33. The average molecular weight is 496 g/mol. The molecule has 6 nitrogen and oxygen atoms in total. The molecule has 172 valence electrons. The van der Waals surface area contributed by atoms with E-state index in [1.807, 2.05) is 19.1 Å². The zero-order valence-electron chi connectivity index (χ0n) is 18.0. The summed E-state index contributed by atoms with van der Waals surface area (Å²) in [7, 11) is 0. The quantitative estimate of drug-likeness (QED) is 0.419. The predicted octanol–water partition coefficient (Wildman–Crippen LogP) is 5.86. The summed E-state index contributed by atoms with van der Waals surface area (Å²) in [6.45, 7) is 1.64. The van der Waals surface area contributed by atoms with Gasteiger partial charge in [0.05, 0.1) is 10.6 Å². The smallest absolute Gasteiger partial charge is 0.271 e. The van der Waals surface area contributed by atoms with E-state index in [0.29, 0.717) is 32.6 Å². The van der Waals surface area contributed by atoms with Gasteiger partial charge < -0.3 is 10.1 Å². The van der Waals surface area contributed by atoms with Crippen molar-refractivity contribution >= 4 is 57.8 Å². The van der Waals surface area contributed by atoms with Gasteiger partial charge in [0, 0.05) is 16.3 Å². The monoisotopic (exact) mass is 495 g/mol. The number of hydrogen-bond acceptors (Lipinski definition) is 5. The third-order valence-electron chi connectivity index (χ3n) is 4.86. The molecule has 3 aromatic rings. The topological polar surface area (TPSA) is 82.5 Å². The van der Waals surface area contributed by atoms with Crippen molar-refractivity contribution in [3.05, 3.63) is 93.6 Å². The lowest BCUT2D eigenvalue weighted by atomic mass is 10.1. The number of rotatable bonds is 6. The molecule has 0 bridgehead atoms. The Hall–Kier alpha value is -3.62. The summed E-state index contributed by atoms with van der Waals surface area (Å²) in [5.74, 6) is -0.820. The molecule has 1 aliphatic heterocycles. The molecular formula is C25H19ClFN3O3S. The lowest BCUT2D eigenvalue weighted by molar-refractivity contribution is -0.118. The van der Waals surface area contributed by atoms with E-state index in [2.05, 4.69) is 5.32 Å².